The van der Waals surface area contributed by atoms with Crippen LogP contribution in [0.5, 0.6) is 0 Å². The number of nitrogens with one attached hydrogen (secondary N) is 1. The zero-order valence-corrected chi connectivity index (χ0v) is 11.5. The van der Waals surface area contributed by atoms with Crippen molar-refractivity contribution < 1.29 is 22.8 Å². The molecule has 0 radical (unpaired) electrons. The lowest BCUT2D eigenvalue weighted by Crippen LogP contribution is -2.61. The third-order valence-electron chi connectivity index (χ3n) is 3.54. The predicted octanol–water partition coefficient (Wildman–Crippen LogP) is 0.544. The van der Waals surface area contributed by atoms with Crippen molar-refractivity contribution >= 4 is 17.8 Å². The van der Waals surface area contributed by atoms with E-state index >= 15 is 0 Å². The molecule has 118 valence electrons. The highest BCUT2D eigenvalue weighted by Crippen LogP contribution is 2.31. The first-order valence-electron chi connectivity index (χ1n) is 6.53. The maximum Gasteiger partial charge on any atom is 0.433 e. The first kappa shape index (κ1) is 14.5. The molecule has 0 atom stereocenters. The number of rotatable bonds is 2. The van der Waals surface area contributed by atoms with Gasteiger partial charge in [0.2, 0.25) is 5.91 Å². The van der Waals surface area contributed by atoms with Crippen LogP contribution in [0.3, 0.4) is 0 Å². The van der Waals surface area contributed by atoms with Gasteiger partial charge in [0.15, 0.2) is 0 Å². The Morgan fingerprint density at radius 2 is 1.95 bits per heavy atom. The number of aromatic nitrogens is 2. The highest BCUT2D eigenvalue weighted by molar-refractivity contribution is 6.02. The Morgan fingerprint density at radius 3 is 2.50 bits per heavy atom. The Balaban J connectivity index is 1.74. The quantitative estimate of drug-likeness (QED) is 0.806. The summed E-state index contributed by atoms with van der Waals surface area (Å²) in [7, 11) is 0. The second-order valence-electron chi connectivity index (χ2n) is 5.14. The Bertz CT molecular complexity index is 626. The van der Waals surface area contributed by atoms with Crippen molar-refractivity contribution in [3.63, 3.8) is 0 Å². The van der Waals surface area contributed by atoms with Gasteiger partial charge in [-0.15, -0.1) is 0 Å². The summed E-state index contributed by atoms with van der Waals surface area (Å²) in [6.45, 7) is 1.85. The summed E-state index contributed by atoms with van der Waals surface area (Å²) >= 11 is 0. The number of imide groups is 1. The van der Waals surface area contributed by atoms with Gasteiger partial charge in [0.1, 0.15) is 17.3 Å². The van der Waals surface area contributed by atoms with E-state index in [1.807, 2.05) is 0 Å². The van der Waals surface area contributed by atoms with Gasteiger partial charge >= 0.3 is 12.2 Å². The lowest BCUT2D eigenvalue weighted by molar-refractivity contribution is -0.141. The minimum Gasteiger partial charge on any atom is -0.352 e. The molecule has 22 heavy (non-hydrogen) atoms. The average Bonchev–Trinajstić information content (AvgIpc) is 2.67. The van der Waals surface area contributed by atoms with Crippen LogP contribution in [-0.2, 0) is 11.0 Å². The van der Waals surface area contributed by atoms with Gasteiger partial charge in [-0.25, -0.2) is 14.8 Å². The fraction of sp³-hybridized carbons (Fsp3) is 0.500. The molecule has 3 heterocycles. The van der Waals surface area contributed by atoms with Gasteiger partial charge in [0, 0.05) is 19.2 Å². The molecule has 2 aliphatic heterocycles. The normalized spacial score (nSPS) is 19.5. The van der Waals surface area contributed by atoms with Crippen LogP contribution in [0.15, 0.2) is 6.07 Å². The average molecular weight is 315 g/mol. The van der Waals surface area contributed by atoms with Gasteiger partial charge in [0.05, 0.1) is 12.6 Å². The molecule has 0 aromatic carbocycles. The SMILES string of the molecule is Cc1nc(N2CC(N3C(=O)CNC3=O)C2)cc(C(F)(F)F)n1. The molecular weight excluding hydrogens is 303 g/mol. The number of nitrogens with zero attached hydrogens (tertiary/aromatic N) is 4. The van der Waals surface area contributed by atoms with E-state index in [2.05, 4.69) is 15.3 Å². The number of halogens is 3. The zero-order chi connectivity index (χ0) is 16.1. The van der Waals surface area contributed by atoms with Crippen LogP contribution in [-0.4, -0.2) is 52.5 Å². The number of alkyl halides is 3. The van der Waals surface area contributed by atoms with Crippen LogP contribution in [0.2, 0.25) is 0 Å². The molecule has 2 aliphatic rings. The molecule has 1 aromatic rings. The van der Waals surface area contributed by atoms with E-state index in [1.54, 1.807) is 4.90 Å². The first-order valence-corrected chi connectivity index (χ1v) is 6.53. The summed E-state index contributed by atoms with van der Waals surface area (Å²) < 4.78 is 38.2. The highest BCUT2D eigenvalue weighted by atomic mass is 19.4. The molecule has 3 rings (SSSR count). The lowest BCUT2D eigenvalue weighted by Gasteiger charge is -2.43. The van der Waals surface area contributed by atoms with E-state index in [9.17, 15) is 22.8 Å². The van der Waals surface area contributed by atoms with Gasteiger partial charge in [-0.05, 0) is 6.92 Å². The number of urea groups is 1. The van der Waals surface area contributed by atoms with Crippen molar-refractivity contribution in [2.75, 3.05) is 24.5 Å². The summed E-state index contributed by atoms with van der Waals surface area (Å²) in [5.41, 5.74) is -1.01. The molecule has 2 saturated heterocycles. The molecule has 0 aliphatic carbocycles. The number of carbonyl (C=O) groups is 2. The van der Waals surface area contributed by atoms with Crippen molar-refractivity contribution in [1.29, 1.82) is 0 Å². The first-order chi connectivity index (χ1) is 10.3. The standard InChI is InChI=1S/C12H12F3N5O2/c1-6-17-8(12(13,14)15)2-9(18-6)19-4-7(5-19)20-10(21)3-16-11(20)22/h2,7H,3-5H2,1H3,(H,16,22). The Morgan fingerprint density at radius 1 is 1.27 bits per heavy atom. The largest absolute Gasteiger partial charge is 0.433 e. The number of anilines is 1. The smallest absolute Gasteiger partial charge is 0.352 e. The molecular formula is C12H12F3N5O2. The van der Waals surface area contributed by atoms with Crippen LogP contribution in [0.25, 0.3) is 0 Å². The highest BCUT2D eigenvalue weighted by Gasteiger charge is 2.42. The molecule has 10 heteroatoms. The molecule has 1 N–H and O–H groups in total. The maximum absolute atomic E-state index is 12.7. The third-order valence-corrected chi connectivity index (χ3v) is 3.54. The molecule has 0 spiro atoms. The van der Waals surface area contributed by atoms with Crippen molar-refractivity contribution in [2.24, 2.45) is 0 Å². The lowest BCUT2D eigenvalue weighted by atomic mass is 10.1. The van der Waals surface area contributed by atoms with Crippen LogP contribution in [0.4, 0.5) is 23.8 Å². The van der Waals surface area contributed by atoms with Gasteiger partial charge in [-0.2, -0.15) is 13.2 Å². The van der Waals surface area contributed by atoms with Crippen LogP contribution in [0, 0.1) is 6.92 Å². The minimum absolute atomic E-state index is 0.0169. The summed E-state index contributed by atoms with van der Waals surface area (Å²) in [4.78, 5) is 33.1. The van der Waals surface area contributed by atoms with Crippen molar-refractivity contribution in [3.05, 3.63) is 17.6 Å². The Hall–Kier alpha value is -2.39. The topological polar surface area (TPSA) is 78.4 Å². The van der Waals surface area contributed by atoms with E-state index in [0.29, 0.717) is 0 Å². The number of hydrogen-bond acceptors (Lipinski definition) is 5. The third kappa shape index (κ3) is 2.44. The molecule has 0 bridgehead atoms. The maximum atomic E-state index is 12.7. The summed E-state index contributed by atoms with van der Waals surface area (Å²) in [5.74, 6) is -0.170. The second kappa shape index (κ2) is 4.82. The number of aryl methyl sites for hydroxylation is 1. The number of amides is 3. The second-order valence-corrected chi connectivity index (χ2v) is 5.14. The summed E-state index contributed by atoms with van der Waals surface area (Å²) in [5, 5.41) is 2.41. The Labute approximate surface area is 123 Å². The molecule has 1 aromatic heterocycles. The summed E-state index contributed by atoms with van der Waals surface area (Å²) in [6, 6.07) is 0.0545. The fourth-order valence-electron chi connectivity index (χ4n) is 2.47. The number of carbonyl (C=O) groups excluding carboxylic acids is 2. The molecule has 3 amide bonds. The van der Waals surface area contributed by atoms with E-state index in [4.69, 9.17) is 0 Å². The molecule has 2 fully saturated rings. The predicted molar refractivity (Wildman–Crippen MR) is 68.0 cm³/mol. The van der Waals surface area contributed by atoms with E-state index in [0.717, 1.165) is 11.0 Å². The fourth-order valence-corrected chi connectivity index (χ4v) is 2.47. The van der Waals surface area contributed by atoms with Gasteiger partial charge in [0.25, 0.3) is 0 Å². The molecule has 0 unspecified atom stereocenters. The zero-order valence-electron chi connectivity index (χ0n) is 11.5. The summed E-state index contributed by atoms with van der Waals surface area (Å²) in [6.07, 6.45) is -4.54. The number of hydrogen-bond donors (Lipinski definition) is 1. The van der Waals surface area contributed by atoms with Gasteiger partial charge in [-0.1, -0.05) is 0 Å². The Kier molecular flexibility index (Phi) is 3.18. The minimum atomic E-state index is -4.54. The van der Waals surface area contributed by atoms with Crippen molar-refractivity contribution in [2.45, 2.75) is 19.1 Å². The van der Waals surface area contributed by atoms with Crippen LogP contribution < -0.4 is 10.2 Å². The van der Waals surface area contributed by atoms with Crippen LogP contribution >= 0.6 is 0 Å². The monoisotopic (exact) mass is 315 g/mol. The van der Waals surface area contributed by atoms with E-state index in [1.165, 1.54) is 6.92 Å². The van der Waals surface area contributed by atoms with Gasteiger partial charge in [-0.3, -0.25) is 9.69 Å². The van der Waals surface area contributed by atoms with Gasteiger partial charge < -0.3 is 10.2 Å². The molecule has 7 nitrogen and oxygen atoms in total. The van der Waals surface area contributed by atoms with Crippen molar-refractivity contribution in [3.8, 4) is 0 Å². The van der Waals surface area contributed by atoms with E-state index in [-0.39, 0.29) is 43.2 Å². The molecule has 0 saturated carbocycles. The van der Waals surface area contributed by atoms with Crippen molar-refractivity contribution in [1.82, 2.24) is 20.2 Å². The van der Waals surface area contributed by atoms with Crippen LogP contribution in [0.1, 0.15) is 11.5 Å². The van der Waals surface area contributed by atoms with E-state index < -0.39 is 17.9 Å².